The second-order valence-corrected chi connectivity index (χ2v) is 6.05. The lowest BCUT2D eigenvalue weighted by Gasteiger charge is -2.27. The number of carbonyl (C=O) groups excluding carboxylic acids is 1. The van der Waals surface area contributed by atoms with Crippen molar-refractivity contribution in [3.63, 3.8) is 0 Å². The van der Waals surface area contributed by atoms with Crippen molar-refractivity contribution in [3.05, 3.63) is 34.9 Å². The van der Waals surface area contributed by atoms with Gasteiger partial charge in [0.05, 0.1) is 6.61 Å². The molecule has 106 valence electrons. The number of carbonyl (C=O) groups is 1. The molecular weight excluding hydrogens is 260 g/mol. The molecule has 1 rings (SSSR count). The van der Waals surface area contributed by atoms with Crippen LogP contribution in [0.1, 0.15) is 32.8 Å². The van der Waals surface area contributed by atoms with Crippen LogP contribution < -0.4 is 0 Å². The van der Waals surface area contributed by atoms with Gasteiger partial charge in [-0.15, -0.1) is 0 Å². The van der Waals surface area contributed by atoms with E-state index >= 15 is 0 Å². The maximum Gasteiger partial charge on any atom is 0.144 e. The van der Waals surface area contributed by atoms with E-state index in [4.69, 9.17) is 16.3 Å². The predicted octanol–water partition coefficient (Wildman–Crippen LogP) is 4.15. The van der Waals surface area contributed by atoms with Gasteiger partial charge in [-0.05, 0) is 30.5 Å². The molecule has 1 aromatic rings. The molecule has 0 radical (unpaired) electrons. The summed E-state index contributed by atoms with van der Waals surface area (Å²) in [6.45, 7) is 6.41. The van der Waals surface area contributed by atoms with E-state index in [2.05, 4.69) is 6.92 Å². The van der Waals surface area contributed by atoms with E-state index in [0.717, 1.165) is 23.4 Å². The summed E-state index contributed by atoms with van der Waals surface area (Å²) < 4.78 is 5.15. The zero-order chi connectivity index (χ0) is 14.5. The smallest absolute Gasteiger partial charge is 0.144 e. The second kappa shape index (κ2) is 7.06. The van der Waals surface area contributed by atoms with Crippen molar-refractivity contribution in [1.82, 2.24) is 0 Å². The van der Waals surface area contributed by atoms with E-state index < -0.39 is 5.41 Å². The van der Waals surface area contributed by atoms with Crippen LogP contribution >= 0.6 is 11.6 Å². The standard InChI is InChI=1S/C16H23ClO2/c1-5-13(15(18)16(2,3)11-19-4)10-12-6-8-14(17)9-7-12/h6-9,13H,5,10-11H2,1-4H3. The van der Waals surface area contributed by atoms with Crippen LogP contribution in [0.5, 0.6) is 0 Å². The summed E-state index contributed by atoms with van der Waals surface area (Å²) in [5, 5.41) is 0.725. The van der Waals surface area contributed by atoms with Crippen molar-refractivity contribution in [1.29, 1.82) is 0 Å². The van der Waals surface area contributed by atoms with E-state index in [1.165, 1.54) is 0 Å². The molecule has 19 heavy (non-hydrogen) atoms. The first kappa shape index (κ1) is 16.2. The molecule has 0 aliphatic carbocycles. The van der Waals surface area contributed by atoms with Crippen LogP contribution in [0.3, 0.4) is 0 Å². The zero-order valence-electron chi connectivity index (χ0n) is 12.2. The third-order valence-electron chi connectivity index (χ3n) is 3.43. The fraction of sp³-hybridized carbons (Fsp3) is 0.562. The van der Waals surface area contributed by atoms with Gasteiger partial charge in [0.25, 0.3) is 0 Å². The number of ether oxygens (including phenoxy) is 1. The summed E-state index contributed by atoms with van der Waals surface area (Å²) in [5.41, 5.74) is 0.722. The first-order valence-corrected chi connectivity index (χ1v) is 7.06. The van der Waals surface area contributed by atoms with Gasteiger partial charge in [0.1, 0.15) is 5.78 Å². The van der Waals surface area contributed by atoms with Crippen molar-refractivity contribution >= 4 is 17.4 Å². The number of hydrogen-bond acceptors (Lipinski definition) is 2. The molecule has 0 fully saturated rings. The zero-order valence-corrected chi connectivity index (χ0v) is 13.0. The summed E-state index contributed by atoms with van der Waals surface area (Å²) in [4.78, 5) is 12.6. The molecule has 0 amide bonds. The molecule has 0 aliphatic heterocycles. The molecular formula is C16H23ClO2. The van der Waals surface area contributed by atoms with Crippen LogP contribution in [0.4, 0.5) is 0 Å². The number of rotatable bonds is 7. The minimum absolute atomic E-state index is 0.0336. The Bertz CT molecular complexity index is 409. The highest BCUT2D eigenvalue weighted by molar-refractivity contribution is 6.30. The number of hydrogen-bond donors (Lipinski definition) is 0. The minimum Gasteiger partial charge on any atom is -0.384 e. The molecule has 0 saturated carbocycles. The Morgan fingerprint density at radius 1 is 1.32 bits per heavy atom. The molecule has 0 bridgehead atoms. The van der Waals surface area contributed by atoms with Crippen molar-refractivity contribution in [2.45, 2.75) is 33.6 Å². The average molecular weight is 283 g/mol. The molecule has 3 heteroatoms. The quantitative estimate of drug-likeness (QED) is 0.751. The van der Waals surface area contributed by atoms with E-state index in [0.29, 0.717) is 6.61 Å². The average Bonchev–Trinajstić information content (AvgIpc) is 2.37. The third kappa shape index (κ3) is 4.63. The molecule has 0 aliphatic rings. The summed E-state index contributed by atoms with van der Waals surface area (Å²) in [5.74, 6) is 0.304. The van der Waals surface area contributed by atoms with Crippen molar-refractivity contribution < 1.29 is 9.53 Å². The van der Waals surface area contributed by atoms with Gasteiger partial charge in [0.2, 0.25) is 0 Å². The Morgan fingerprint density at radius 2 is 1.89 bits per heavy atom. The first-order chi connectivity index (χ1) is 8.90. The van der Waals surface area contributed by atoms with Crippen LogP contribution in [-0.4, -0.2) is 19.5 Å². The van der Waals surface area contributed by atoms with Gasteiger partial charge in [-0.25, -0.2) is 0 Å². The number of benzene rings is 1. The van der Waals surface area contributed by atoms with E-state index in [9.17, 15) is 4.79 Å². The van der Waals surface area contributed by atoms with Crippen LogP contribution in [0.25, 0.3) is 0 Å². The topological polar surface area (TPSA) is 26.3 Å². The maximum absolute atomic E-state index is 12.6. The fourth-order valence-electron chi connectivity index (χ4n) is 2.31. The Kier molecular flexibility index (Phi) is 6.02. The predicted molar refractivity (Wildman–Crippen MR) is 79.6 cm³/mol. The Balaban J connectivity index is 2.78. The monoisotopic (exact) mass is 282 g/mol. The normalized spacial score (nSPS) is 13.3. The second-order valence-electron chi connectivity index (χ2n) is 5.62. The summed E-state index contributed by atoms with van der Waals surface area (Å²) in [7, 11) is 1.63. The SMILES string of the molecule is CCC(Cc1ccc(Cl)cc1)C(=O)C(C)(C)COC. The molecule has 0 N–H and O–H groups in total. The van der Waals surface area contributed by atoms with Gasteiger partial charge in [-0.2, -0.15) is 0 Å². The summed E-state index contributed by atoms with van der Waals surface area (Å²) in [6, 6.07) is 7.71. The molecule has 0 saturated heterocycles. The molecule has 1 unspecified atom stereocenters. The fourth-order valence-corrected chi connectivity index (χ4v) is 2.44. The van der Waals surface area contributed by atoms with Crippen LogP contribution in [0, 0.1) is 11.3 Å². The Labute approximate surface area is 121 Å². The lowest BCUT2D eigenvalue weighted by molar-refractivity contribution is -0.134. The van der Waals surface area contributed by atoms with E-state index in [1.54, 1.807) is 7.11 Å². The molecule has 0 spiro atoms. The third-order valence-corrected chi connectivity index (χ3v) is 3.68. The summed E-state index contributed by atoms with van der Waals surface area (Å²) >= 11 is 5.88. The highest BCUT2D eigenvalue weighted by atomic mass is 35.5. The van der Waals surface area contributed by atoms with Crippen molar-refractivity contribution in [3.8, 4) is 0 Å². The molecule has 0 heterocycles. The number of methoxy groups -OCH3 is 1. The number of halogens is 1. The van der Waals surface area contributed by atoms with Gasteiger partial charge in [-0.3, -0.25) is 4.79 Å². The van der Waals surface area contributed by atoms with E-state index in [1.807, 2.05) is 38.1 Å². The number of Topliss-reactive ketones (excluding diaryl/α,β-unsaturated/α-hetero) is 1. The highest BCUT2D eigenvalue weighted by Crippen LogP contribution is 2.26. The van der Waals surface area contributed by atoms with Crippen LogP contribution in [0.15, 0.2) is 24.3 Å². The van der Waals surface area contributed by atoms with Gasteiger partial charge in [0, 0.05) is 23.5 Å². The molecule has 2 nitrogen and oxygen atoms in total. The molecule has 1 aromatic carbocycles. The molecule has 0 aromatic heterocycles. The maximum atomic E-state index is 12.6. The summed E-state index contributed by atoms with van der Waals surface area (Å²) in [6.07, 6.45) is 1.61. The Morgan fingerprint density at radius 3 is 2.37 bits per heavy atom. The largest absolute Gasteiger partial charge is 0.384 e. The van der Waals surface area contributed by atoms with Crippen molar-refractivity contribution in [2.24, 2.45) is 11.3 Å². The van der Waals surface area contributed by atoms with Gasteiger partial charge >= 0.3 is 0 Å². The number of ketones is 1. The lowest BCUT2D eigenvalue weighted by atomic mass is 9.78. The van der Waals surface area contributed by atoms with Gasteiger partial charge < -0.3 is 4.74 Å². The van der Waals surface area contributed by atoms with Gasteiger partial charge in [-0.1, -0.05) is 44.5 Å². The minimum atomic E-state index is -0.429. The van der Waals surface area contributed by atoms with Crippen LogP contribution in [0.2, 0.25) is 5.02 Å². The first-order valence-electron chi connectivity index (χ1n) is 6.68. The molecule has 1 atom stereocenters. The van der Waals surface area contributed by atoms with E-state index in [-0.39, 0.29) is 11.7 Å². The Hall–Kier alpha value is -0.860. The van der Waals surface area contributed by atoms with Crippen LogP contribution in [-0.2, 0) is 16.0 Å². The lowest BCUT2D eigenvalue weighted by Crippen LogP contribution is -2.35. The highest BCUT2D eigenvalue weighted by Gasteiger charge is 2.32. The van der Waals surface area contributed by atoms with Gasteiger partial charge in [0.15, 0.2) is 0 Å². The van der Waals surface area contributed by atoms with Crippen molar-refractivity contribution in [2.75, 3.05) is 13.7 Å².